The molecular weight excluding hydrogens is 478 g/mol. The van der Waals surface area contributed by atoms with Gasteiger partial charge in [-0.15, -0.1) is 11.3 Å². The van der Waals surface area contributed by atoms with Crippen LogP contribution in [0.1, 0.15) is 55.8 Å². The van der Waals surface area contributed by atoms with Crippen LogP contribution in [0.2, 0.25) is 0 Å². The lowest BCUT2D eigenvalue weighted by molar-refractivity contribution is -0.134. The van der Waals surface area contributed by atoms with E-state index in [1.54, 1.807) is 22.3 Å². The van der Waals surface area contributed by atoms with Crippen LogP contribution in [0, 0.1) is 19.8 Å². The van der Waals surface area contributed by atoms with E-state index >= 15 is 0 Å². The highest BCUT2D eigenvalue weighted by Crippen LogP contribution is 2.36. The summed E-state index contributed by atoms with van der Waals surface area (Å²) in [7, 11) is 0. The Morgan fingerprint density at radius 2 is 2.03 bits per heavy atom. The molecule has 2 N–H and O–H groups in total. The van der Waals surface area contributed by atoms with Gasteiger partial charge in [0.05, 0.1) is 33.9 Å². The molecule has 0 spiro atoms. The van der Waals surface area contributed by atoms with E-state index in [0.717, 1.165) is 27.4 Å². The van der Waals surface area contributed by atoms with Crippen molar-refractivity contribution in [3.05, 3.63) is 58.6 Å². The number of rotatable bonds is 6. The largest absolute Gasteiger partial charge is 0.391 e. The summed E-state index contributed by atoms with van der Waals surface area (Å²) < 4.78 is 5.46. The molecule has 1 fully saturated rings. The molecule has 10 heteroatoms. The van der Waals surface area contributed by atoms with Crippen LogP contribution < -0.4 is 5.48 Å². The summed E-state index contributed by atoms with van der Waals surface area (Å²) in [5.74, 6) is 0.428. The van der Waals surface area contributed by atoms with Crippen LogP contribution in [0.3, 0.4) is 0 Å². The first-order chi connectivity index (χ1) is 17.2. The highest BCUT2D eigenvalue weighted by Gasteiger charge is 2.45. The van der Waals surface area contributed by atoms with Gasteiger partial charge in [0.2, 0.25) is 11.6 Å². The standard InChI is InChI=1S/C26H31N5O4S/c1-14(2)22(21-10-15(3)29-34-21)25(33)31-12-19(32)11-20(31)24-28-26(5,35-30-24)18-8-6-17(7-9-18)23-16(4)27-13-36-23/h6-10,13-14,19-20,22,32H,11-12H2,1-5H3,(H,28,30)/t19-,20+,22-,26+/m1/s1. The molecule has 4 atom stereocenters. The monoisotopic (exact) mass is 509 g/mol. The second kappa shape index (κ2) is 9.42. The molecule has 0 radical (unpaired) electrons. The molecule has 2 aliphatic rings. The van der Waals surface area contributed by atoms with Crippen molar-refractivity contribution in [3.8, 4) is 10.4 Å². The number of hydrogen-bond donors (Lipinski definition) is 2. The van der Waals surface area contributed by atoms with E-state index in [4.69, 9.17) is 14.4 Å². The van der Waals surface area contributed by atoms with E-state index in [-0.39, 0.29) is 18.4 Å². The molecular formula is C26H31N5O4S. The van der Waals surface area contributed by atoms with Crippen LogP contribution in [0.25, 0.3) is 10.4 Å². The number of hydrogen-bond acceptors (Lipinski definition) is 9. The van der Waals surface area contributed by atoms with E-state index in [0.29, 0.717) is 18.0 Å². The Morgan fingerprint density at radius 1 is 1.28 bits per heavy atom. The Bertz CT molecular complexity index is 1280. The number of amidine groups is 1. The average Bonchev–Trinajstić information content (AvgIpc) is 3.62. The van der Waals surface area contributed by atoms with Gasteiger partial charge in [0.1, 0.15) is 17.5 Å². The van der Waals surface area contributed by atoms with Crippen molar-refractivity contribution in [2.75, 3.05) is 6.54 Å². The molecule has 0 unspecified atom stereocenters. The van der Waals surface area contributed by atoms with Gasteiger partial charge in [-0.05, 0) is 32.3 Å². The van der Waals surface area contributed by atoms with Crippen LogP contribution in [0.5, 0.6) is 0 Å². The molecule has 1 aromatic carbocycles. The number of aliphatic imine (C=N–C) groups is 1. The number of β-amino-alcohol motifs (C(OH)–C–C–N with tert-alkyl or cyclic N) is 1. The maximum atomic E-state index is 13.7. The van der Waals surface area contributed by atoms with Crippen LogP contribution in [0.4, 0.5) is 0 Å². The maximum absolute atomic E-state index is 13.7. The average molecular weight is 510 g/mol. The molecule has 0 aliphatic carbocycles. The SMILES string of the molecule is Cc1cc([C@H](C(=O)N2C[C@H](O)C[C@H]2C2=N[C@](C)(c3ccc(-c4scnc4C)cc3)ON2)C(C)C)on1. The lowest BCUT2D eigenvalue weighted by Gasteiger charge is -2.29. The van der Waals surface area contributed by atoms with E-state index < -0.39 is 23.8 Å². The fourth-order valence-electron chi connectivity index (χ4n) is 4.96. The second-order valence-electron chi connectivity index (χ2n) is 10.0. The number of thiazole rings is 1. The number of aliphatic hydroxyl groups excluding tert-OH is 1. The third kappa shape index (κ3) is 4.44. The summed E-state index contributed by atoms with van der Waals surface area (Å²) in [5, 5.41) is 14.5. The summed E-state index contributed by atoms with van der Waals surface area (Å²) in [6.07, 6.45) is -0.276. The predicted molar refractivity (Wildman–Crippen MR) is 136 cm³/mol. The van der Waals surface area contributed by atoms with Crippen molar-refractivity contribution in [2.45, 2.75) is 64.8 Å². The normalized spacial score (nSPS) is 24.8. The predicted octanol–water partition coefficient (Wildman–Crippen LogP) is 3.92. The highest BCUT2D eigenvalue weighted by molar-refractivity contribution is 7.13. The van der Waals surface area contributed by atoms with Crippen molar-refractivity contribution in [3.63, 3.8) is 0 Å². The number of carbonyl (C=O) groups is 1. The number of aliphatic hydroxyl groups is 1. The van der Waals surface area contributed by atoms with Gasteiger partial charge >= 0.3 is 0 Å². The lowest BCUT2D eigenvalue weighted by Crippen LogP contribution is -2.46. The van der Waals surface area contributed by atoms with Gasteiger partial charge in [0.15, 0.2) is 0 Å². The fraction of sp³-hybridized carbons (Fsp3) is 0.462. The number of likely N-dealkylation sites (tertiary alicyclic amines) is 1. The number of aryl methyl sites for hydroxylation is 2. The number of nitrogens with one attached hydrogen (secondary N) is 1. The third-order valence-electron chi connectivity index (χ3n) is 6.88. The van der Waals surface area contributed by atoms with Crippen LogP contribution >= 0.6 is 11.3 Å². The Balaban J connectivity index is 1.40. The first kappa shape index (κ1) is 24.6. The lowest BCUT2D eigenvalue weighted by atomic mass is 9.91. The van der Waals surface area contributed by atoms with E-state index in [2.05, 4.69) is 15.6 Å². The van der Waals surface area contributed by atoms with Gasteiger partial charge in [0, 0.05) is 24.6 Å². The minimum atomic E-state index is -0.960. The first-order valence-electron chi connectivity index (χ1n) is 12.1. The fourth-order valence-corrected chi connectivity index (χ4v) is 5.78. The van der Waals surface area contributed by atoms with Crippen LogP contribution in [-0.4, -0.2) is 50.6 Å². The highest BCUT2D eigenvalue weighted by atomic mass is 32.1. The number of carbonyl (C=O) groups excluding carboxylic acids is 1. The minimum Gasteiger partial charge on any atom is -0.391 e. The quantitative estimate of drug-likeness (QED) is 0.518. The number of nitrogens with zero attached hydrogens (tertiary/aromatic N) is 4. The first-order valence-corrected chi connectivity index (χ1v) is 13.0. The molecule has 190 valence electrons. The van der Waals surface area contributed by atoms with E-state index in [1.807, 2.05) is 64.4 Å². The Labute approximate surface area is 214 Å². The van der Waals surface area contributed by atoms with Crippen molar-refractivity contribution in [1.29, 1.82) is 0 Å². The molecule has 2 aromatic heterocycles. The Kier molecular flexibility index (Phi) is 6.44. The number of benzene rings is 1. The van der Waals surface area contributed by atoms with Gasteiger partial charge in [-0.25, -0.2) is 20.3 Å². The minimum absolute atomic E-state index is 0.0102. The molecule has 1 amide bonds. The summed E-state index contributed by atoms with van der Waals surface area (Å²) in [5.41, 5.74) is 7.54. The zero-order valence-corrected chi connectivity index (χ0v) is 21.9. The molecule has 0 saturated carbocycles. The van der Waals surface area contributed by atoms with Crippen molar-refractivity contribution in [1.82, 2.24) is 20.5 Å². The number of aromatic nitrogens is 2. The number of amides is 1. The summed E-state index contributed by atoms with van der Waals surface area (Å²) in [6, 6.07) is 9.44. The molecule has 0 bridgehead atoms. The van der Waals surface area contributed by atoms with Gasteiger partial charge in [-0.2, -0.15) is 0 Å². The zero-order chi connectivity index (χ0) is 25.6. The topological polar surface area (TPSA) is 113 Å². The van der Waals surface area contributed by atoms with E-state index in [1.165, 1.54) is 0 Å². The van der Waals surface area contributed by atoms with Crippen LogP contribution in [0.15, 0.2) is 45.4 Å². The van der Waals surface area contributed by atoms with Gasteiger partial charge in [0.25, 0.3) is 0 Å². The third-order valence-corrected chi connectivity index (χ3v) is 7.86. The van der Waals surface area contributed by atoms with Gasteiger partial charge < -0.3 is 14.5 Å². The van der Waals surface area contributed by atoms with Crippen molar-refractivity contribution < 1.29 is 19.3 Å². The molecule has 36 heavy (non-hydrogen) atoms. The second-order valence-corrected chi connectivity index (χ2v) is 10.9. The van der Waals surface area contributed by atoms with Crippen molar-refractivity contribution >= 4 is 23.1 Å². The molecule has 1 saturated heterocycles. The van der Waals surface area contributed by atoms with Crippen molar-refractivity contribution in [2.24, 2.45) is 10.9 Å². The molecule has 9 nitrogen and oxygen atoms in total. The summed E-state index contributed by atoms with van der Waals surface area (Å²) in [6.45, 7) is 9.89. The summed E-state index contributed by atoms with van der Waals surface area (Å²) in [4.78, 5) is 31.7. The van der Waals surface area contributed by atoms with Gasteiger partial charge in [-0.1, -0.05) is 43.3 Å². The Morgan fingerprint density at radius 3 is 2.64 bits per heavy atom. The molecule has 4 heterocycles. The van der Waals surface area contributed by atoms with Gasteiger partial charge in [-0.3, -0.25) is 4.79 Å². The molecule has 3 aromatic rings. The zero-order valence-electron chi connectivity index (χ0n) is 21.1. The van der Waals surface area contributed by atoms with E-state index in [9.17, 15) is 9.90 Å². The Hall–Kier alpha value is -3.08. The van der Waals surface area contributed by atoms with Crippen LogP contribution in [-0.2, 0) is 15.4 Å². The number of hydroxylamine groups is 1. The molecule has 5 rings (SSSR count). The summed E-state index contributed by atoms with van der Waals surface area (Å²) >= 11 is 1.61. The maximum Gasteiger partial charge on any atom is 0.234 e. The molecule has 2 aliphatic heterocycles. The smallest absolute Gasteiger partial charge is 0.234 e.